The lowest BCUT2D eigenvalue weighted by Gasteiger charge is -2.34. The van der Waals surface area contributed by atoms with E-state index in [1.54, 1.807) is 0 Å². The van der Waals surface area contributed by atoms with Gasteiger partial charge in [0, 0.05) is 12.6 Å². The van der Waals surface area contributed by atoms with Gasteiger partial charge in [0.15, 0.2) is 0 Å². The molecule has 23 heavy (non-hydrogen) atoms. The van der Waals surface area contributed by atoms with Crippen LogP contribution in [0.4, 0.5) is 0 Å². The van der Waals surface area contributed by atoms with Crippen LogP contribution in [0.5, 0.6) is 0 Å². The molecule has 1 fully saturated rings. The van der Waals surface area contributed by atoms with Crippen molar-refractivity contribution in [2.24, 2.45) is 0 Å². The van der Waals surface area contributed by atoms with Crippen molar-refractivity contribution in [1.82, 2.24) is 10.2 Å². The van der Waals surface area contributed by atoms with Crippen LogP contribution in [-0.4, -0.2) is 36.5 Å². The van der Waals surface area contributed by atoms with Crippen LogP contribution < -0.4 is 5.32 Å². The Hall–Kier alpha value is -1.06. The van der Waals surface area contributed by atoms with Crippen LogP contribution >= 0.6 is 12.4 Å². The Morgan fingerprint density at radius 3 is 2.70 bits per heavy atom. The number of nitrogens with one attached hydrogen (secondary N) is 1. The summed E-state index contributed by atoms with van der Waals surface area (Å²) in [4.78, 5) is 15.0. The average Bonchev–Trinajstić information content (AvgIpc) is 3.01. The normalized spacial score (nSPS) is 17.4. The molecule has 0 bridgehead atoms. The van der Waals surface area contributed by atoms with Gasteiger partial charge in [0.1, 0.15) is 0 Å². The molecule has 4 heteroatoms. The van der Waals surface area contributed by atoms with E-state index in [1.807, 2.05) is 0 Å². The second-order valence-electron chi connectivity index (χ2n) is 6.70. The fraction of sp³-hybridized carbons (Fsp3) is 0.632. The van der Waals surface area contributed by atoms with Crippen LogP contribution in [0.25, 0.3) is 0 Å². The lowest BCUT2D eigenvalue weighted by molar-refractivity contribution is -0.133. The minimum absolute atomic E-state index is 0. The molecule has 0 saturated carbocycles. The first-order chi connectivity index (χ1) is 10.8. The van der Waals surface area contributed by atoms with Gasteiger partial charge in [-0.25, -0.2) is 0 Å². The van der Waals surface area contributed by atoms with Crippen LogP contribution in [0, 0.1) is 0 Å². The van der Waals surface area contributed by atoms with Gasteiger partial charge in [-0.15, -0.1) is 12.4 Å². The van der Waals surface area contributed by atoms with Gasteiger partial charge < -0.3 is 10.2 Å². The second-order valence-corrected chi connectivity index (χ2v) is 6.70. The van der Waals surface area contributed by atoms with Crippen molar-refractivity contribution in [2.75, 3.05) is 19.6 Å². The van der Waals surface area contributed by atoms with E-state index in [0.717, 1.165) is 38.9 Å². The summed E-state index contributed by atoms with van der Waals surface area (Å²) < 4.78 is 0. The first-order valence-electron chi connectivity index (χ1n) is 8.89. The predicted octanol–water partition coefficient (Wildman–Crippen LogP) is 3.13. The number of piperidine rings is 1. The minimum Gasteiger partial charge on any atom is -0.339 e. The third-order valence-electron chi connectivity index (χ3n) is 5.05. The highest BCUT2D eigenvalue weighted by molar-refractivity contribution is 5.85. The van der Waals surface area contributed by atoms with E-state index in [1.165, 1.54) is 36.0 Å². The Morgan fingerprint density at radius 2 is 1.96 bits per heavy atom. The summed E-state index contributed by atoms with van der Waals surface area (Å²) in [5.41, 5.74) is 4.15. The van der Waals surface area contributed by atoms with Gasteiger partial charge in [-0.3, -0.25) is 4.79 Å². The van der Waals surface area contributed by atoms with E-state index in [-0.39, 0.29) is 12.4 Å². The van der Waals surface area contributed by atoms with Crippen molar-refractivity contribution in [3.63, 3.8) is 0 Å². The van der Waals surface area contributed by atoms with Crippen molar-refractivity contribution in [3.8, 4) is 0 Å². The van der Waals surface area contributed by atoms with Gasteiger partial charge >= 0.3 is 0 Å². The summed E-state index contributed by atoms with van der Waals surface area (Å²) in [6, 6.07) is 7.10. The monoisotopic (exact) mass is 336 g/mol. The number of hydrogen-bond donors (Lipinski definition) is 1. The Morgan fingerprint density at radius 1 is 1.22 bits per heavy atom. The Labute approximate surface area is 146 Å². The van der Waals surface area contributed by atoms with Gasteiger partial charge in [0.25, 0.3) is 0 Å². The number of amides is 1. The quantitative estimate of drug-likeness (QED) is 0.896. The van der Waals surface area contributed by atoms with E-state index >= 15 is 0 Å². The van der Waals surface area contributed by atoms with Gasteiger partial charge in [0.2, 0.25) is 5.91 Å². The average molecular weight is 337 g/mol. The third kappa shape index (κ3) is 4.48. The predicted molar refractivity (Wildman–Crippen MR) is 97.3 cm³/mol. The third-order valence-corrected chi connectivity index (χ3v) is 5.05. The molecule has 1 saturated heterocycles. The standard InChI is InChI=1S/C19H28N2O.ClH/c1-2-12-21(18-8-10-20-11-9-18)19(22)14-15-6-7-16-4-3-5-17(16)13-15;/h6-7,13,18,20H,2-5,8-12,14H2,1H3;1H. The highest BCUT2D eigenvalue weighted by Crippen LogP contribution is 2.23. The molecule has 0 aromatic heterocycles. The van der Waals surface area contributed by atoms with Crippen LogP contribution in [0.2, 0.25) is 0 Å². The molecular formula is C19H29ClN2O. The van der Waals surface area contributed by atoms with Crippen LogP contribution in [0.3, 0.4) is 0 Å². The van der Waals surface area contributed by atoms with Crippen molar-refractivity contribution >= 4 is 18.3 Å². The number of carbonyl (C=O) groups is 1. The van der Waals surface area contributed by atoms with Crippen LogP contribution in [-0.2, 0) is 24.1 Å². The molecule has 1 N–H and O–H groups in total. The number of hydrogen-bond acceptors (Lipinski definition) is 2. The van der Waals surface area contributed by atoms with E-state index in [0.29, 0.717) is 18.4 Å². The van der Waals surface area contributed by atoms with E-state index in [2.05, 4.69) is 35.3 Å². The Balaban J connectivity index is 0.00000192. The van der Waals surface area contributed by atoms with Crippen molar-refractivity contribution < 1.29 is 4.79 Å². The smallest absolute Gasteiger partial charge is 0.227 e. The van der Waals surface area contributed by atoms with Gasteiger partial charge in [-0.05, 0) is 68.3 Å². The lowest BCUT2D eigenvalue weighted by atomic mass is 10.0. The Bertz CT molecular complexity index is 526. The largest absolute Gasteiger partial charge is 0.339 e. The molecule has 1 aliphatic carbocycles. The molecule has 1 aromatic rings. The number of rotatable bonds is 5. The zero-order chi connectivity index (χ0) is 15.4. The summed E-state index contributed by atoms with van der Waals surface area (Å²) >= 11 is 0. The maximum atomic E-state index is 12.8. The van der Waals surface area contributed by atoms with Crippen molar-refractivity contribution in [3.05, 3.63) is 34.9 Å². The minimum atomic E-state index is 0. The van der Waals surface area contributed by atoms with Gasteiger partial charge in [-0.1, -0.05) is 25.1 Å². The number of carbonyl (C=O) groups excluding carboxylic acids is 1. The van der Waals surface area contributed by atoms with Crippen molar-refractivity contribution in [2.45, 2.75) is 57.9 Å². The summed E-state index contributed by atoms with van der Waals surface area (Å²) in [6.45, 7) is 5.14. The van der Waals surface area contributed by atoms with Crippen LogP contribution in [0.1, 0.15) is 49.3 Å². The fourth-order valence-corrected chi connectivity index (χ4v) is 3.88. The highest BCUT2D eigenvalue weighted by atomic mass is 35.5. The highest BCUT2D eigenvalue weighted by Gasteiger charge is 2.24. The van der Waals surface area contributed by atoms with Crippen LogP contribution in [0.15, 0.2) is 18.2 Å². The SMILES string of the molecule is CCCN(C(=O)Cc1ccc2c(c1)CCC2)C1CCNCC1.Cl. The summed E-state index contributed by atoms with van der Waals surface area (Å²) in [7, 11) is 0. The Kier molecular flexibility index (Phi) is 6.91. The number of halogens is 1. The zero-order valence-corrected chi connectivity index (χ0v) is 15.0. The molecule has 1 heterocycles. The topological polar surface area (TPSA) is 32.3 Å². The van der Waals surface area contributed by atoms with E-state index in [9.17, 15) is 4.79 Å². The molecule has 3 nitrogen and oxygen atoms in total. The summed E-state index contributed by atoms with van der Waals surface area (Å²) in [6.07, 6.45) is 7.46. The number of aryl methyl sites for hydroxylation is 2. The lowest BCUT2D eigenvalue weighted by Crippen LogP contribution is -2.47. The zero-order valence-electron chi connectivity index (χ0n) is 14.1. The fourth-order valence-electron chi connectivity index (χ4n) is 3.88. The molecule has 3 rings (SSSR count). The second kappa shape index (κ2) is 8.70. The maximum Gasteiger partial charge on any atom is 0.227 e. The number of fused-ring (bicyclic) bond motifs is 1. The molecule has 128 valence electrons. The molecule has 1 aliphatic heterocycles. The first kappa shape index (κ1) is 18.3. The number of nitrogens with zero attached hydrogens (tertiary/aromatic N) is 1. The van der Waals surface area contributed by atoms with Gasteiger partial charge in [0.05, 0.1) is 6.42 Å². The molecule has 0 radical (unpaired) electrons. The summed E-state index contributed by atoms with van der Waals surface area (Å²) in [5, 5.41) is 3.39. The first-order valence-corrected chi connectivity index (χ1v) is 8.89. The van der Waals surface area contributed by atoms with Gasteiger partial charge in [-0.2, -0.15) is 0 Å². The molecule has 0 unspecified atom stereocenters. The molecule has 0 spiro atoms. The summed E-state index contributed by atoms with van der Waals surface area (Å²) in [5.74, 6) is 0.312. The molecule has 2 aliphatic rings. The molecule has 1 amide bonds. The molecule has 0 atom stereocenters. The van der Waals surface area contributed by atoms with E-state index < -0.39 is 0 Å². The molecular weight excluding hydrogens is 308 g/mol. The van der Waals surface area contributed by atoms with Crippen molar-refractivity contribution in [1.29, 1.82) is 0 Å². The number of benzene rings is 1. The van der Waals surface area contributed by atoms with E-state index in [4.69, 9.17) is 0 Å². The molecule has 1 aromatic carbocycles. The maximum absolute atomic E-state index is 12.8.